The maximum absolute atomic E-state index is 11.9. The normalized spacial score (nSPS) is 14.2. The number of hydrogen-bond acceptors (Lipinski definition) is 4. The molecule has 0 aromatic heterocycles. The first-order valence-corrected chi connectivity index (χ1v) is 5.64. The summed E-state index contributed by atoms with van der Waals surface area (Å²) >= 11 is 0. The van der Waals surface area contributed by atoms with Gasteiger partial charge in [-0.15, -0.1) is 0 Å². The van der Waals surface area contributed by atoms with Crippen molar-refractivity contribution in [3.63, 3.8) is 0 Å². The summed E-state index contributed by atoms with van der Waals surface area (Å²) in [7, 11) is 3.05. The molecule has 0 N–H and O–H groups in total. The van der Waals surface area contributed by atoms with Crippen LogP contribution in [0.1, 0.15) is 23.2 Å². The van der Waals surface area contributed by atoms with Gasteiger partial charge < -0.3 is 14.2 Å². The lowest BCUT2D eigenvalue weighted by Gasteiger charge is -2.11. The third kappa shape index (κ3) is 2.70. The molecule has 2 rings (SSSR count). The van der Waals surface area contributed by atoms with Gasteiger partial charge >= 0.3 is 5.97 Å². The van der Waals surface area contributed by atoms with Crippen LogP contribution in [0.2, 0.25) is 0 Å². The van der Waals surface area contributed by atoms with E-state index in [1.807, 2.05) is 0 Å². The number of carbonyl (C=O) groups excluding carboxylic acids is 1. The van der Waals surface area contributed by atoms with E-state index in [0.29, 0.717) is 29.6 Å². The topological polar surface area (TPSA) is 44.8 Å². The first kappa shape index (κ1) is 11.8. The molecule has 0 heterocycles. The molecule has 1 fully saturated rings. The van der Waals surface area contributed by atoms with Crippen molar-refractivity contribution in [3.05, 3.63) is 23.8 Å². The Bertz CT molecular complexity index is 410. The lowest BCUT2D eigenvalue weighted by atomic mass is 10.2. The van der Waals surface area contributed by atoms with Crippen molar-refractivity contribution in [1.29, 1.82) is 0 Å². The highest BCUT2D eigenvalue weighted by Crippen LogP contribution is 2.32. The maximum Gasteiger partial charge on any atom is 0.342 e. The number of methoxy groups -OCH3 is 2. The van der Waals surface area contributed by atoms with Gasteiger partial charge in [-0.3, -0.25) is 0 Å². The van der Waals surface area contributed by atoms with Crippen molar-refractivity contribution >= 4 is 5.97 Å². The molecule has 92 valence electrons. The Kier molecular flexibility index (Phi) is 3.52. The van der Waals surface area contributed by atoms with Crippen LogP contribution in [-0.2, 0) is 4.74 Å². The van der Waals surface area contributed by atoms with Crippen molar-refractivity contribution in [2.75, 3.05) is 20.8 Å². The summed E-state index contributed by atoms with van der Waals surface area (Å²) in [5.74, 6) is 1.16. The lowest BCUT2D eigenvalue weighted by molar-refractivity contribution is 0.0482. The number of ether oxygens (including phenoxy) is 3. The second-order valence-electron chi connectivity index (χ2n) is 4.08. The van der Waals surface area contributed by atoms with Crippen LogP contribution in [0.3, 0.4) is 0 Å². The zero-order valence-electron chi connectivity index (χ0n) is 10.1. The highest BCUT2D eigenvalue weighted by atomic mass is 16.5. The minimum atomic E-state index is -0.354. The second kappa shape index (κ2) is 5.08. The molecule has 0 bridgehead atoms. The summed E-state index contributed by atoms with van der Waals surface area (Å²) in [6.45, 7) is 0.499. The van der Waals surface area contributed by atoms with Gasteiger partial charge in [-0.25, -0.2) is 4.79 Å². The smallest absolute Gasteiger partial charge is 0.342 e. The Morgan fingerprint density at radius 2 is 2.06 bits per heavy atom. The van der Waals surface area contributed by atoms with Crippen molar-refractivity contribution in [1.82, 2.24) is 0 Å². The van der Waals surface area contributed by atoms with E-state index in [1.165, 1.54) is 14.2 Å². The second-order valence-corrected chi connectivity index (χ2v) is 4.08. The first-order valence-electron chi connectivity index (χ1n) is 5.64. The molecule has 1 aliphatic rings. The molecule has 0 unspecified atom stereocenters. The molecule has 0 spiro atoms. The fraction of sp³-hybridized carbons (Fsp3) is 0.462. The van der Waals surface area contributed by atoms with E-state index in [1.54, 1.807) is 18.2 Å². The average molecular weight is 236 g/mol. The summed E-state index contributed by atoms with van der Waals surface area (Å²) in [5.41, 5.74) is 0.410. The van der Waals surface area contributed by atoms with Crippen LogP contribution in [0.25, 0.3) is 0 Å². The number of benzene rings is 1. The van der Waals surface area contributed by atoms with Crippen molar-refractivity contribution in [2.24, 2.45) is 5.92 Å². The molecule has 0 aliphatic heterocycles. The largest absolute Gasteiger partial charge is 0.493 e. The van der Waals surface area contributed by atoms with E-state index >= 15 is 0 Å². The van der Waals surface area contributed by atoms with Gasteiger partial charge in [-0.2, -0.15) is 0 Å². The van der Waals surface area contributed by atoms with Gasteiger partial charge in [-0.1, -0.05) is 6.07 Å². The van der Waals surface area contributed by atoms with Crippen LogP contribution in [0.4, 0.5) is 0 Å². The number of esters is 1. The van der Waals surface area contributed by atoms with Crippen molar-refractivity contribution < 1.29 is 19.0 Å². The SMILES string of the molecule is COc1cccc(C(=O)OCC2CC2)c1OC. The van der Waals surface area contributed by atoms with E-state index < -0.39 is 0 Å². The predicted octanol–water partition coefficient (Wildman–Crippen LogP) is 2.27. The summed E-state index contributed by atoms with van der Waals surface area (Å²) in [6.07, 6.45) is 2.31. The molecule has 17 heavy (non-hydrogen) atoms. The monoisotopic (exact) mass is 236 g/mol. The van der Waals surface area contributed by atoms with Crippen LogP contribution in [0.5, 0.6) is 11.5 Å². The van der Waals surface area contributed by atoms with Gasteiger partial charge in [0.1, 0.15) is 5.56 Å². The zero-order chi connectivity index (χ0) is 12.3. The summed E-state index contributed by atoms with van der Waals surface area (Å²) in [6, 6.07) is 5.17. The fourth-order valence-corrected chi connectivity index (χ4v) is 1.60. The predicted molar refractivity (Wildman–Crippen MR) is 62.6 cm³/mol. The first-order chi connectivity index (χ1) is 8.26. The number of hydrogen-bond donors (Lipinski definition) is 0. The Morgan fingerprint density at radius 1 is 1.29 bits per heavy atom. The Hall–Kier alpha value is -1.71. The molecule has 0 amide bonds. The molecule has 1 saturated carbocycles. The lowest BCUT2D eigenvalue weighted by Crippen LogP contribution is -2.09. The number of para-hydroxylation sites is 1. The number of carbonyl (C=O) groups is 1. The minimum absolute atomic E-state index is 0.354. The van der Waals surface area contributed by atoms with Gasteiger partial charge in [-0.05, 0) is 30.9 Å². The van der Waals surface area contributed by atoms with Crippen LogP contribution < -0.4 is 9.47 Å². The van der Waals surface area contributed by atoms with Crippen molar-refractivity contribution in [2.45, 2.75) is 12.8 Å². The van der Waals surface area contributed by atoms with E-state index in [0.717, 1.165) is 12.8 Å². The van der Waals surface area contributed by atoms with E-state index in [4.69, 9.17) is 14.2 Å². The molecule has 4 nitrogen and oxygen atoms in total. The average Bonchev–Trinajstić information content (AvgIpc) is 3.18. The third-order valence-corrected chi connectivity index (χ3v) is 2.77. The maximum atomic E-state index is 11.9. The molecular formula is C13H16O4. The summed E-state index contributed by atoms with van der Waals surface area (Å²) in [4.78, 5) is 11.9. The number of rotatable bonds is 5. The minimum Gasteiger partial charge on any atom is -0.493 e. The Labute approximate surface area is 100 Å². The summed E-state index contributed by atoms with van der Waals surface area (Å²) in [5, 5.41) is 0. The molecule has 4 heteroatoms. The van der Waals surface area contributed by atoms with E-state index in [-0.39, 0.29) is 5.97 Å². The van der Waals surface area contributed by atoms with Crippen molar-refractivity contribution in [3.8, 4) is 11.5 Å². The molecule has 1 aromatic rings. The van der Waals surface area contributed by atoms with Gasteiger partial charge in [0.15, 0.2) is 11.5 Å². The van der Waals surface area contributed by atoms with Gasteiger partial charge in [0.2, 0.25) is 0 Å². The summed E-state index contributed by atoms with van der Waals surface area (Å²) < 4.78 is 15.5. The van der Waals surface area contributed by atoms with Crippen LogP contribution in [0.15, 0.2) is 18.2 Å². The van der Waals surface area contributed by atoms with Crippen LogP contribution >= 0.6 is 0 Å². The standard InChI is InChI=1S/C13H16O4/c1-15-11-5-3-4-10(12(11)16-2)13(14)17-8-9-6-7-9/h3-5,9H,6-8H2,1-2H3. The quantitative estimate of drug-likeness (QED) is 0.736. The third-order valence-electron chi connectivity index (χ3n) is 2.77. The molecule has 1 aromatic carbocycles. The van der Waals surface area contributed by atoms with Crippen LogP contribution in [0, 0.1) is 5.92 Å². The highest BCUT2D eigenvalue weighted by Gasteiger charge is 2.24. The van der Waals surface area contributed by atoms with Gasteiger partial charge in [0.25, 0.3) is 0 Å². The van der Waals surface area contributed by atoms with E-state index in [9.17, 15) is 4.79 Å². The Morgan fingerprint density at radius 3 is 2.65 bits per heavy atom. The van der Waals surface area contributed by atoms with Crippen LogP contribution in [-0.4, -0.2) is 26.8 Å². The Balaban J connectivity index is 2.14. The molecule has 0 saturated heterocycles. The zero-order valence-corrected chi connectivity index (χ0v) is 10.1. The highest BCUT2D eigenvalue weighted by molar-refractivity contribution is 5.93. The molecule has 0 atom stereocenters. The molecular weight excluding hydrogens is 220 g/mol. The fourth-order valence-electron chi connectivity index (χ4n) is 1.60. The molecule has 0 radical (unpaired) electrons. The molecule has 1 aliphatic carbocycles. The van der Waals surface area contributed by atoms with E-state index in [2.05, 4.69) is 0 Å². The van der Waals surface area contributed by atoms with Gasteiger partial charge in [0.05, 0.1) is 20.8 Å². The van der Waals surface area contributed by atoms with Gasteiger partial charge in [0, 0.05) is 0 Å².